The molecular formula is C7H12O3. The first-order chi connectivity index (χ1) is 4.91. The van der Waals surface area contributed by atoms with Crippen LogP contribution in [0.25, 0.3) is 0 Å². The maximum absolute atomic E-state index is 5.43. The van der Waals surface area contributed by atoms with E-state index in [1.807, 2.05) is 0 Å². The zero-order valence-corrected chi connectivity index (χ0v) is 5.97. The summed E-state index contributed by atoms with van der Waals surface area (Å²) < 4.78 is 16.1. The second kappa shape index (κ2) is 2.49. The average Bonchev–Trinajstić information content (AvgIpc) is 2.39. The Bertz CT molecular complexity index is 110. The Morgan fingerprint density at radius 3 is 2.40 bits per heavy atom. The lowest BCUT2D eigenvalue weighted by Crippen LogP contribution is -2.39. The van der Waals surface area contributed by atoms with Crippen molar-refractivity contribution in [2.24, 2.45) is 0 Å². The fraction of sp³-hybridized carbons (Fsp3) is 1.00. The highest BCUT2D eigenvalue weighted by Gasteiger charge is 2.38. The smallest absolute Gasteiger partial charge is 0.192 e. The van der Waals surface area contributed by atoms with Crippen LogP contribution in [0.15, 0.2) is 0 Å². The van der Waals surface area contributed by atoms with Gasteiger partial charge >= 0.3 is 0 Å². The molecule has 0 atom stereocenters. The van der Waals surface area contributed by atoms with Crippen LogP contribution in [-0.2, 0) is 14.2 Å². The summed E-state index contributed by atoms with van der Waals surface area (Å²) in [5.74, 6) is -0.349. The highest BCUT2D eigenvalue weighted by atomic mass is 16.8. The van der Waals surface area contributed by atoms with Gasteiger partial charge in [0.25, 0.3) is 0 Å². The molecule has 0 aliphatic carbocycles. The van der Waals surface area contributed by atoms with Crippen LogP contribution >= 0.6 is 0 Å². The van der Waals surface area contributed by atoms with Crippen molar-refractivity contribution in [2.75, 3.05) is 26.4 Å². The maximum Gasteiger partial charge on any atom is 0.192 e. The molecule has 2 fully saturated rings. The second-order valence-corrected chi connectivity index (χ2v) is 2.76. The molecule has 2 saturated heterocycles. The number of hydrogen-bond donors (Lipinski definition) is 0. The third kappa shape index (κ3) is 1.05. The van der Waals surface area contributed by atoms with Crippen LogP contribution in [0.1, 0.15) is 12.8 Å². The van der Waals surface area contributed by atoms with Crippen molar-refractivity contribution in [2.45, 2.75) is 18.6 Å². The van der Waals surface area contributed by atoms with Gasteiger partial charge in [0.1, 0.15) is 6.61 Å². The number of ether oxygens (including phenoxy) is 3. The molecule has 2 rings (SSSR count). The van der Waals surface area contributed by atoms with Crippen molar-refractivity contribution in [3.8, 4) is 0 Å². The van der Waals surface area contributed by atoms with Crippen LogP contribution < -0.4 is 0 Å². The Hall–Kier alpha value is -0.120. The van der Waals surface area contributed by atoms with Crippen LogP contribution in [0.4, 0.5) is 0 Å². The van der Waals surface area contributed by atoms with Crippen molar-refractivity contribution >= 4 is 0 Å². The highest BCUT2D eigenvalue weighted by molar-refractivity contribution is 4.76. The van der Waals surface area contributed by atoms with E-state index in [0.717, 1.165) is 32.7 Å². The number of hydrogen-bond acceptors (Lipinski definition) is 3. The van der Waals surface area contributed by atoms with E-state index in [9.17, 15) is 0 Å². The zero-order valence-electron chi connectivity index (χ0n) is 5.97. The lowest BCUT2D eigenvalue weighted by molar-refractivity contribution is -0.217. The molecule has 10 heavy (non-hydrogen) atoms. The van der Waals surface area contributed by atoms with Crippen molar-refractivity contribution in [1.29, 1.82) is 0 Å². The van der Waals surface area contributed by atoms with E-state index < -0.39 is 0 Å². The van der Waals surface area contributed by atoms with Gasteiger partial charge in [-0.05, 0) is 6.42 Å². The summed E-state index contributed by atoms with van der Waals surface area (Å²) in [5, 5.41) is 0. The largest absolute Gasteiger partial charge is 0.376 e. The molecular weight excluding hydrogens is 132 g/mol. The van der Waals surface area contributed by atoms with Gasteiger partial charge in [-0.15, -0.1) is 0 Å². The molecule has 2 aliphatic rings. The minimum Gasteiger partial charge on any atom is -0.376 e. The molecule has 0 aromatic rings. The van der Waals surface area contributed by atoms with Crippen molar-refractivity contribution in [3.05, 3.63) is 0 Å². The minimum atomic E-state index is -0.349. The molecule has 0 N–H and O–H groups in total. The topological polar surface area (TPSA) is 27.7 Å². The Morgan fingerprint density at radius 2 is 1.80 bits per heavy atom. The predicted molar refractivity (Wildman–Crippen MR) is 34.7 cm³/mol. The quantitative estimate of drug-likeness (QED) is 0.496. The van der Waals surface area contributed by atoms with Crippen LogP contribution in [0.3, 0.4) is 0 Å². The van der Waals surface area contributed by atoms with E-state index in [0.29, 0.717) is 6.61 Å². The zero-order chi connectivity index (χ0) is 6.86. The molecule has 0 aromatic carbocycles. The van der Waals surface area contributed by atoms with Crippen molar-refractivity contribution < 1.29 is 14.2 Å². The number of rotatable bonds is 0. The van der Waals surface area contributed by atoms with E-state index in [4.69, 9.17) is 14.2 Å². The molecule has 0 bridgehead atoms. The van der Waals surface area contributed by atoms with Crippen LogP contribution in [-0.4, -0.2) is 32.2 Å². The van der Waals surface area contributed by atoms with Gasteiger partial charge < -0.3 is 14.2 Å². The lowest BCUT2D eigenvalue weighted by Gasteiger charge is -2.30. The van der Waals surface area contributed by atoms with Gasteiger partial charge in [0, 0.05) is 13.0 Å². The second-order valence-electron chi connectivity index (χ2n) is 2.76. The summed E-state index contributed by atoms with van der Waals surface area (Å²) in [7, 11) is 0. The van der Waals surface area contributed by atoms with Gasteiger partial charge in [0.05, 0.1) is 13.2 Å². The molecule has 2 aliphatic heterocycles. The van der Waals surface area contributed by atoms with E-state index in [-0.39, 0.29) is 5.79 Å². The van der Waals surface area contributed by atoms with E-state index in [1.165, 1.54) is 0 Å². The fourth-order valence-electron chi connectivity index (χ4n) is 1.47. The summed E-state index contributed by atoms with van der Waals surface area (Å²) in [4.78, 5) is 0. The van der Waals surface area contributed by atoms with E-state index in [2.05, 4.69) is 0 Å². The summed E-state index contributed by atoms with van der Waals surface area (Å²) in [6, 6.07) is 0. The summed E-state index contributed by atoms with van der Waals surface area (Å²) >= 11 is 0. The van der Waals surface area contributed by atoms with Crippen molar-refractivity contribution in [3.63, 3.8) is 0 Å². The first-order valence-electron chi connectivity index (χ1n) is 3.77. The SMILES string of the molecule is C1COCC2(C1)OCCO2. The maximum atomic E-state index is 5.43. The van der Waals surface area contributed by atoms with Gasteiger partial charge in [0.2, 0.25) is 0 Å². The van der Waals surface area contributed by atoms with Gasteiger partial charge in [-0.25, -0.2) is 0 Å². The monoisotopic (exact) mass is 144 g/mol. The third-order valence-corrected chi connectivity index (χ3v) is 1.98. The summed E-state index contributed by atoms with van der Waals surface area (Å²) in [6.45, 7) is 2.92. The standard InChI is InChI=1S/C7H12O3/c1-2-7(6-8-3-1)9-4-5-10-7/h1-6H2. The average molecular weight is 144 g/mol. The van der Waals surface area contributed by atoms with Crippen LogP contribution in [0, 0.1) is 0 Å². The predicted octanol–water partition coefficient (Wildman–Crippen LogP) is 0.540. The Balaban J connectivity index is 1.98. The molecule has 58 valence electrons. The van der Waals surface area contributed by atoms with Crippen LogP contribution in [0.5, 0.6) is 0 Å². The molecule has 0 unspecified atom stereocenters. The Labute approximate surface area is 60.3 Å². The molecule has 1 spiro atoms. The van der Waals surface area contributed by atoms with Gasteiger partial charge in [-0.1, -0.05) is 0 Å². The minimum absolute atomic E-state index is 0.349. The first kappa shape index (κ1) is 6.58. The molecule has 0 radical (unpaired) electrons. The van der Waals surface area contributed by atoms with Crippen LogP contribution in [0.2, 0.25) is 0 Å². The van der Waals surface area contributed by atoms with Gasteiger partial charge in [-0.2, -0.15) is 0 Å². The Kier molecular flexibility index (Phi) is 1.64. The lowest BCUT2D eigenvalue weighted by atomic mass is 10.1. The first-order valence-corrected chi connectivity index (χ1v) is 3.77. The Morgan fingerprint density at radius 1 is 1.00 bits per heavy atom. The summed E-state index contributed by atoms with van der Waals surface area (Å²) in [5.41, 5.74) is 0. The highest BCUT2D eigenvalue weighted by Crippen LogP contribution is 2.28. The third-order valence-electron chi connectivity index (χ3n) is 1.98. The van der Waals surface area contributed by atoms with E-state index >= 15 is 0 Å². The van der Waals surface area contributed by atoms with Gasteiger partial charge in [-0.3, -0.25) is 0 Å². The molecule has 3 heteroatoms. The summed E-state index contributed by atoms with van der Waals surface area (Å²) in [6.07, 6.45) is 2.05. The van der Waals surface area contributed by atoms with Crippen molar-refractivity contribution in [1.82, 2.24) is 0 Å². The molecule has 0 aromatic heterocycles. The molecule has 3 nitrogen and oxygen atoms in total. The van der Waals surface area contributed by atoms with Gasteiger partial charge in [0.15, 0.2) is 5.79 Å². The fourth-order valence-corrected chi connectivity index (χ4v) is 1.47. The molecule has 2 heterocycles. The normalized spacial score (nSPS) is 31.2. The molecule has 0 saturated carbocycles. The molecule has 0 amide bonds. The van der Waals surface area contributed by atoms with E-state index in [1.54, 1.807) is 0 Å².